The summed E-state index contributed by atoms with van der Waals surface area (Å²) in [5, 5.41) is 10.1. The van der Waals surface area contributed by atoms with Crippen LogP contribution in [0.3, 0.4) is 0 Å². The highest BCUT2D eigenvalue weighted by Gasteiger charge is 2.12. The van der Waals surface area contributed by atoms with Crippen molar-refractivity contribution in [1.29, 1.82) is 0 Å². The predicted octanol–water partition coefficient (Wildman–Crippen LogP) is 2.68. The molecule has 0 spiro atoms. The molecule has 1 unspecified atom stereocenters. The molecular weight excluding hydrogens is 198 g/mol. The van der Waals surface area contributed by atoms with Crippen molar-refractivity contribution in [2.45, 2.75) is 33.3 Å². The van der Waals surface area contributed by atoms with Gasteiger partial charge in [-0.1, -0.05) is 30.7 Å². The molecule has 16 heavy (non-hydrogen) atoms. The number of aryl methyl sites for hydroxylation is 2. The summed E-state index contributed by atoms with van der Waals surface area (Å²) >= 11 is 0. The number of hydrogen-bond donors (Lipinski definition) is 1. The van der Waals surface area contributed by atoms with Crippen LogP contribution in [0.25, 0.3) is 0 Å². The van der Waals surface area contributed by atoms with Crippen LogP contribution < -0.4 is 0 Å². The lowest BCUT2D eigenvalue weighted by atomic mass is 10.0. The van der Waals surface area contributed by atoms with Crippen molar-refractivity contribution >= 4 is 0 Å². The highest BCUT2D eigenvalue weighted by Crippen LogP contribution is 2.19. The lowest BCUT2D eigenvalue weighted by molar-refractivity contribution is 0.126. The quantitative estimate of drug-likeness (QED) is 0.826. The van der Waals surface area contributed by atoms with Gasteiger partial charge in [0.25, 0.3) is 0 Å². The van der Waals surface area contributed by atoms with Crippen molar-refractivity contribution in [3.05, 3.63) is 34.9 Å². The van der Waals surface area contributed by atoms with E-state index in [9.17, 15) is 5.11 Å². The second-order valence-corrected chi connectivity index (χ2v) is 4.64. The van der Waals surface area contributed by atoms with Crippen LogP contribution >= 0.6 is 0 Å². The van der Waals surface area contributed by atoms with Crippen molar-refractivity contribution in [3.8, 4) is 0 Å². The third-order valence-electron chi connectivity index (χ3n) is 2.87. The maximum absolute atomic E-state index is 10.1. The van der Waals surface area contributed by atoms with Crippen molar-refractivity contribution in [2.24, 2.45) is 0 Å². The zero-order valence-electron chi connectivity index (χ0n) is 10.8. The third-order valence-corrected chi connectivity index (χ3v) is 2.87. The monoisotopic (exact) mass is 221 g/mol. The summed E-state index contributed by atoms with van der Waals surface area (Å²) in [7, 11) is 2.05. The molecule has 0 saturated carbocycles. The average Bonchev–Trinajstić information content (AvgIpc) is 2.17. The van der Waals surface area contributed by atoms with Gasteiger partial charge in [0.05, 0.1) is 6.10 Å². The van der Waals surface area contributed by atoms with Gasteiger partial charge < -0.3 is 10.0 Å². The SMILES string of the molecule is CCCN(C)CC(O)c1ccc(C)cc1C. The van der Waals surface area contributed by atoms with Crippen LogP contribution in [0.2, 0.25) is 0 Å². The van der Waals surface area contributed by atoms with Gasteiger partial charge in [-0.2, -0.15) is 0 Å². The van der Waals surface area contributed by atoms with Crippen molar-refractivity contribution in [2.75, 3.05) is 20.1 Å². The highest BCUT2D eigenvalue weighted by molar-refractivity contribution is 5.32. The van der Waals surface area contributed by atoms with E-state index in [1.165, 1.54) is 11.1 Å². The summed E-state index contributed by atoms with van der Waals surface area (Å²) in [6.45, 7) is 8.03. The standard InChI is InChI=1S/C14H23NO/c1-5-8-15(4)10-14(16)13-7-6-11(2)9-12(13)3/h6-7,9,14,16H,5,8,10H2,1-4H3. The van der Waals surface area contributed by atoms with Gasteiger partial charge in [0.2, 0.25) is 0 Å². The maximum Gasteiger partial charge on any atom is 0.0919 e. The van der Waals surface area contributed by atoms with Gasteiger partial charge in [-0.15, -0.1) is 0 Å². The summed E-state index contributed by atoms with van der Waals surface area (Å²) < 4.78 is 0. The minimum atomic E-state index is -0.378. The Bertz CT molecular complexity index is 336. The van der Waals surface area contributed by atoms with E-state index in [1.807, 2.05) is 6.07 Å². The minimum Gasteiger partial charge on any atom is -0.387 e. The molecule has 1 rings (SSSR count). The molecular formula is C14H23NO. The van der Waals surface area contributed by atoms with Crippen LogP contribution in [-0.4, -0.2) is 30.1 Å². The summed E-state index contributed by atoms with van der Waals surface area (Å²) in [5.41, 5.74) is 3.47. The largest absolute Gasteiger partial charge is 0.387 e. The highest BCUT2D eigenvalue weighted by atomic mass is 16.3. The molecule has 1 atom stereocenters. The smallest absolute Gasteiger partial charge is 0.0919 e. The van der Waals surface area contributed by atoms with E-state index in [0.29, 0.717) is 6.54 Å². The minimum absolute atomic E-state index is 0.378. The van der Waals surface area contributed by atoms with Gasteiger partial charge in [-0.3, -0.25) is 0 Å². The summed E-state index contributed by atoms with van der Waals surface area (Å²) in [6.07, 6.45) is 0.743. The van der Waals surface area contributed by atoms with E-state index in [1.54, 1.807) is 0 Å². The molecule has 0 aliphatic heterocycles. The molecule has 0 fully saturated rings. The van der Waals surface area contributed by atoms with Crippen molar-refractivity contribution in [3.63, 3.8) is 0 Å². The number of rotatable bonds is 5. The van der Waals surface area contributed by atoms with Crippen LogP contribution in [0.1, 0.15) is 36.1 Å². The number of likely N-dealkylation sites (N-methyl/N-ethyl adjacent to an activating group) is 1. The summed E-state index contributed by atoms with van der Waals surface area (Å²) in [6, 6.07) is 6.22. The first-order valence-electron chi connectivity index (χ1n) is 5.98. The molecule has 0 saturated heterocycles. The summed E-state index contributed by atoms with van der Waals surface area (Å²) in [5.74, 6) is 0. The number of aliphatic hydroxyl groups is 1. The molecule has 0 aromatic heterocycles. The second-order valence-electron chi connectivity index (χ2n) is 4.64. The number of hydrogen-bond acceptors (Lipinski definition) is 2. The zero-order chi connectivity index (χ0) is 12.1. The molecule has 2 nitrogen and oxygen atoms in total. The molecule has 0 bridgehead atoms. The third kappa shape index (κ3) is 3.62. The molecule has 1 N–H and O–H groups in total. The van der Waals surface area contributed by atoms with Gasteiger partial charge in [0, 0.05) is 6.54 Å². The second kappa shape index (κ2) is 6.02. The zero-order valence-corrected chi connectivity index (χ0v) is 10.8. The average molecular weight is 221 g/mol. The van der Waals surface area contributed by atoms with Gasteiger partial charge in [-0.05, 0) is 45.0 Å². The Morgan fingerprint density at radius 2 is 2.00 bits per heavy atom. The first-order chi connectivity index (χ1) is 7.54. The molecule has 1 aromatic rings. The number of nitrogens with zero attached hydrogens (tertiary/aromatic N) is 1. The van der Waals surface area contributed by atoms with E-state index in [2.05, 4.69) is 44.9 Å². The van der Waals surface area contributed by atoms with E-state index >= 15 is 0 Å². The molecule has 1 aromatic carbocycles. The number of aliphatic hydroxyl groups excluding tert-OH is 1. The Morgan fingerprint density at radius 1 is 1.31 bits per heavy atom. The van der Waals surface area contributed by atoms with Gasteiger partial charge in [-0.25, -0.2) is 0 Å². The fourth-order valence-corrected chi connectivity index (χ4v) is 2.07. The first-order valence-corrected chi connectivity index (χ1v) is 5.98. The fourth-order valence-electron chi connectivity index (χ4n) is 2.07. The molecule has 0 aliphatic carbocycles. The van der Waals surface area contributed by atoms with Crippen LogP contribution in [0.15, 0.2) is 18.2 Å². The van der Waals surface area contributed by atoms with Crippen LogP contribution in [-0.2, 0) is 0 Å². The molecule has 0 radical (unpaired) electrons. The Labute approximate surface area is 98.9 Å². The molecule has 0 amide bonds. The molecule has 90 valence electrons. The Kier molecular flexibility index (Phi) is 4.97. The molecule has 0 heterocycles. The van der Waals surface area contributed by atoms with Crippen molar-refractivity contribution < 1.29 is 5.11 Å². The van der Waals surface area contributed by atoms with Crippen molar-refractivity contribution in [1.82, 2.24) is 4.90 Å². The Morgan fingerprint density at radius 3 is 2.56 bits per heavy atom. The first kappa shape index (κ1) is 13.2. The normalized spacial score (nSPS) is 13.1. The number of benzene rings is 1. The van der Waals surface area contributed by atoms with E-state index in [0.717, 1.165) is 18.5 Å². The Hall–Kier alpha value is -0.860. The van der Waals surface area contributed by atoms with E-state index in [4.69, 9.17) is 0 Å². The lowest BCUT2D eigenvalue weighted by Gasteiger charge is -2.21. The van der Waals surface area contributed by atoms with Crippen LogP contribution in [0.5, 0.6) is 0 Å². The van der Waals surface area contributed by atoms with Crippen LogP contribution in [0.4, 0.5) is 0 Å². The molecule has 0 aliphatic rings. The topological polar surface area (TPSA) is 23.5 Å². The van der Waals surface area contributed by atoms with Gasteiger partial charge in [0.15, 0.2) is 0 Å². The molecule has 2 heteroatoms. The Balaban J connectivity index is 2.69. The van der Waals surface area contributed by atoms with Crippen LogP contribution in [0, 0.1) is 13.8 Å². The van der Waals surface area contributed by atoms with E-state index < -0.39 is 0 Å². The van der Waals surface area contributed by atoms with E-state index in [-0.39, 0.29) is 6.10 Å². The maximum atomic E-state index is 10.1. The summed E-state index contributed by atoms with van der Waals surface area (Å²) in [4.78, 5) is 2.17. The predicted molar refractivity (Wildman–Crippen MR) is 68.7 cm³/mol. The van der Waals surface area contributed by atoms with Gasteiger partial charge >= 0.3 is 0 Å². The van der Waals surface area contributed by atoms with Gasteiger partial charge in [0.1, 0.15) is 0 Å². The fraction of sp³-hybridized carbons (Fsp3) is 0.571. The lowest BCUT2D eigenvalue weighted by Crippen LogP contribution is -2.25.